The van der Waals surface area contributed by atoms with Crippen LogP contribution in [0.3, 0.4) is 0 Å². The van der Waals surface area contributed by atoms with Crippen LogP contribution in [0.25, 0.3) is 11.1 Å². The fourth-order valence-electron chi connectivity index (χ4n) is 5.29. The van der Waals surface area contributed by atoms with Gasteiger partial charge in [-0.15, -0.1) is 0 Å². The summed E-state index contributed by atoms with van der Waals surface area (Å²) in [6.07, 6.45) is -1.43. The normalized spacial score (nSPS) is 13.0. The third-order valence-corrected chi connectivity index (χ3v) is 9.02. The van der Waals surface area contributed by atoms with E-state index in [0.717, 1.165) is 22.3 Å². The smallest absolute Gasteiger partial charge is 1.00 e. The Morgan fingerprint density at radius 3 is 1.69 bits per heavy atom. The van der Waals surface area contributed by atoms with Crippen LogP contribution >= 0.6 is 0 Å². The molecule has 0 aromatic heterocycles. The molecule has 0 spiro atoms. The molecule has 0 aliphatic heterocycles. The molecule has 0 fully saturated rings. The Balaban J connectivity index is 0.00000702. The summed E-state index contributed by atoms with van der Waals surface area (Å²) in [5, 5.41) is 8.45. The largest absolute Gasteiger partial charge is 1.00 e. The van der Waals surface area contributed by atoms with Crippen LogP contribution in [0, 0.1) is 0 Å². The van der Waals surface area contributed by atoms with Crippen LogP contribution in [-0.2, 0) is 50.6 Å². The van der Waals surface area contributed by atoms with Gasteiger partial charge in [-0.3, -0.25) is 28.3 Å². The Morgan fingerprint density at radius 2 is 1.15 bits per heavy atom. The van der Waals surface area contributed by atoms with E-state index in [-0.39, 0.29) is 132 Å². The van der Waals surface area contributed by atoms with Gasteiger partial charge in [0.25, 0.3) is 26.1 Å². The molecule has 0 radical (unpaired) electrons. The number of hydrogen-bond donors (Lipinski definition) is 6. The summed E-state index contributed by atoms with van der Waals surface area (Å²) in [5.41, 5.74) is 4.20. The molecule has 20 heteroatoms. The van der Waals surface area contributed by atoms with Crippen molar-refractivity contribution in [3.8, 4) is 11.1 Å². The number of nitrogens with one attached hydrogen (secondary N) is 4. The summed E-state index contributed by atoms with van der Waals surface area (Å²) in [6, 6.07) is 19.2. The molecule has 3 aromatic rings. The van der Waals surface area contributed by atoms with Gasteiger partial charge in [-0.05, 0) is 27.8 Å². The fourth-order valence-corrected chi connectivity index (χ4v) is 6.60. The van der Waals surface area contributed by atoms with Gasteiger partial charge in [0.05, 0.1) is 0 Å². The van der Waals surface area contributed by atoms with E-state index in [2.05, 4.69) is 10.6 Å². The predicted octanol–water partition coefficient (Wildman–Crippen LogP) is -5.57. The molecule has 270 valence electrons. The topological polar surface area (TPSA) is 251 Å². The van der Waals surface area contributed by atoms with Crippen molar-refractivity contribution in [2.45, 2.75) is 24.4 Å². The monoisotopic (exact) mass is 810 g/mol. The Hall–Kier alpha value is -1.90. The van der Waals surface area contributed by atoms with Crippen molar-refractivity contribution in [1.29, 1.82) is 0 Å². The van der Waals surface area contributed by atoms with Gasteiger partial charge in [0.15, 0.2) is 0 Å². The average Bonchev–Trinajstić information content (AvgIpc) is 3.37. The van der Waals surface area contributed by atoms with Gasteiger partial charge in [0.1, 0.15) is 30.2 Å². The summed E-state index contributed by atoms with van der Waals surface area (Å²) in [4.78, 5) is 62.9. The first-order chi connectivity index (χ1) is 23.6. The molecule has 0 bridgehead atoms. The number of Topliss-reactive ketones (excluding diaryl/α,β-unsaturated/α-hetero) is 1. The van der Waals surface area contributed by atoms with E-state index in [9.17, 15) is 49.9 Å². The van der Waals surface area contributed by atoms with Gasteiger partial charge in [0, 0.05) is 25.4 Å². The van der Waals surface area contributed by atoms with Crippen molar-refractivity contribution < 1.29 is 160 Å². The quantitative estimate of drug-likeness (QED) is 0.0343. The first kappa shape index (κ1) is 46.3. The summed E-state index contributed by atoms with van der Waals surface area (Å²) in [5.74, 6) is -7.45. The maximum absolute atomic E-state index is 13.1. The van der Waals surface area contributed by atoms with Gasteiger partial charge < -0.3 is 28.9 Å². The molecule has 6 N–H and O–H groups in total. The van der Waals surface area contributed by atoms with E-state index in [0.29, 0.717) is 5.56 Å². The van der Waals surface area contributed by atoms with Crippen LogP contribution in [0.1, 0.15) is 25.5 Å². The predicted molar refractivity (Wildman–Crippen MR) is 180 cm³/mol. The van der Waals surface area contributed by atoms with E-state index < -0.39 is 79.3 Å². The second kappa shape index (κ2) is 21.3. The number of fused-ring (bicyclic) bond motifs is 3. The molecule has 52 heavy (non-hydrogen) atoms. The maximum Gasteiger partial charge on any atom is 1.00 e. The van der Waals surface area contributed by atoms with Gasteiger partial charge in [-0.1, -0.05) is 78.9 Å². The standard InChI is InChI=1S/C32H34N4O12S2.2K.2H/c37-28(16-20-8-2-1-3-9-20)31(40)34-15-14-33-29(38)26(18-49(42,43)44)35-30(39)27(19-50(45,46)47)36-32(41)48-17-25-23-12-6-4-10-21(23)22-11-5-7-13-24(22)25;;;;/h1-13,25-27H,14-19H2,(H,33,38)(H,34,40)(H,35,39)(H,36,41)(H,42,43,44)(H,45,46,47);;;;/q;2*+1;2*-1/t26-,27-;;;;/m0..../s1. The minimum absolute atomic E-state index is 0. The summed E-state index contributed by atoms with van der Waals surface area (Å²) >= 11 is 0. The second-order valence-electron chi connectivity index (χ2n) is 11.2. The molecule has 2 atom stereocenters. The van der Waals surface area contributed by atoms with E-state index in [1.165, 1.54) is 0 Å². The fraction of sp³-hybridized carbons (Fsp3) is 0.281. The molecular formula is C32H36K2N4O12S2. The number of carbonyl (C=O) groups excluding carboxylic acids is 5. The first-order valence-corrected chi connectivity index (χ1v) is 18.3. The molecule has 16 nitrogen and oxygen atoms in total. The van der Waals surface area contributed by atoms with Crippen LogP contribution in [0.5, 0.6) is 0 Å². The molecule has 4 amide bonds. The van der Waals surface area contributed by atoms with E-state index >= 15 is 0 Å². The van der Waals surface area contributed by atoms with Crippen molar-refractivity contribution in [1.82, 2.24) is 21.3 Å². The van der Waals surface area contributed by atoms with Gasteiger partial charge >= 0.3 is 109 Å². The molecule has 0 saturated heterocycles. The second-order valence-corrected chi connectivity index (χ2v) is 14.2. The van der Waals surface area contributed by atoms with Crippen molar-refractivity contribution in [2.75, 3.05) is 31.2 Å². The number of carbonyl (C=O) groups is 5. The number of benzene rings is 3. The Labute approximate surface area is 388 Å². The van der Waals surface area contributed by atoms with Crippen molar-refractivity contribution in [3.63, 3.8) is 0 Å². The SMILES string of the molecule is O=C(N[C@@H](CS(=O)(=O)O)C(=O)N[C@@H](CS(=O)(=O)O)C(=O)NCCNC(=O)C(=O)Cc1ccccc1)OCC1c2ccccc2-c2ccccc21.[H-].[H-].[K+].[K+]. The molecule has 3 aromatic carbocycles. The zero-order valence-electron chi connectivity index (χ0n) is 30.3. The number of alkyl carbamates (subject to hydrolysis) is 1. The van der Waals surface area contributed by atoms with E-state index in [4.69, 9.17) is 4.74 Å². The summed E-state index contributed by atoms with van der Waals surface area (Å²) in [6.45, 7) is -0.859. The average molecular weight is 811 g/mol. The number of amides is 4. The van der Waals surface area contributed by atoms with Crippen LogP contribution in [0.15, 0.2) is 78.9 Å². The van der Waals surface area contributed by atoms with E-state index in [1.807, 2.05) is 59.2 Å². The Kier molecular flexibility index (Phi) is 18.9. The molecular weight excluding hydrogens is 775 g/mol. The molecule has 0 heterocycles. The zero-order chi connectivity index (χ0) is 36.5. The molecule has 0 saturated carbocycles. The summed E-state index contributed by atoms with van der Waals surface area (Å²) in [7, 11) is -9.86. The van der Waals surface area contributed by atoms with Crippen molar-refractivity contribution >= 4 is 49.8 Å². The number of ketones is 1. The first-order valence-electron chi connectivity index (χ1n) is 15.1. The van der Waals surface area contributed by atoms with Crippen LogP contribution < -0.4 is 124 Å². The Bertz CT molecular complexity index is 1950. The minimum Gasteiger partial charge on any atom is -1.00 e. The molecule has 1 aliphatic carbocycles. The molecule has 1 aliphatic rings. The third kappa shape index (κ3) is 14.4. The van der Waals surface area contributed by atoms with Crippen LogP contribution in [0.4, 0.5) is 4.79 Å². The van der Waals surface area contributed by atoms with E-state index in [1.54, 1.807) is 30.3 Å². The number of hydrogen-bond acceptors (Lipinski definition) is 10. The van der Waals surface area contributed by atoms with Crippen molar-refractivity contribution in [3.05, 3.63) is 95.6 Å². The van der Waals surface area contributed by atoms with Crippen LogP contribution in [0.2, 0.25) is 0 Å². The Morgan fingerprint density at radius 1 is 0.673 bits per heavy atom. The third-order valence-electron chi connectivity index (χ3n) is 7.51. The zero-order valence-corrected chi connectivity index (χ0v) is 36.2. The van der Waals surface area contributed by atoms with Crippen LogP contribution in [-0.4, -0.2) is 98.8 Å². The van der Waals surface area contributed by atoms with Gasteiger partial charge in [-0.2, -0.15) is 16.8 Å². The van der Waals surface area contributed by atoms with Gasteiger partial charge in [0.2, 0.25) is 17.6 Å². The maximum atomic E-state index is 13.1. The molecule has 4 rings (SSSR count). The number of rotatable bonds is 16. The van der Waals surface area contributed by atoms with Crippen molar-refractivity contribution in [2.24, 2.45) is 0 Å². The summed E-state index contributed by atoms with van der Waals surface area (Å²) < 4.78 is 70.8. The number of ether oxygens (including phenoxy) is 1. The molecule has 0 unspecified atom stereocenters. The van der Waals surface area contributed by atoms with Gasteiger partial charge in [-0.25, -0.2) is 4.79 Å². The minimum atomic E-state index is -4.94.